The third-order valence-corrected chi connectivity index (χ3v) is 3.02. The number of nitrogen functional groups attached to an aromatic ring is 1. The normalized spacial score (nSPS) is 14.6. The zero-order chi connectivity index (χ0) is 11.8. The highest BCUT2D eigenvalue weighted by Crippen LogP contribution is 2.24. The van der Waals surface area contributed by atoms with Crippen LogP contribution in [-0.2, 0) is 13.0 Å². The second-order valence-electron chi connectivity index (χ2n) is 4.17. The van der Waals surface area contributed by atoms with Gasteiger partial charge in [-0.3, -0.25) is 0 Å². The summed E-state index contributed by atoms with van der Waals surface area (Å²) in [7, 11) is 0. The fourth-order valence-corrected chi connectivity index (χ4v) is 2.15. The summed E-state index contributed by atoms with van der Waals surface area (Å²) < 4.78 is 1.69. The first-order chi connectivity index (χ1) is 8.25. The molecule has 0 atom stereocenters. The van der Waals surface area contributed by atoms with Gasteiger partial charge >= 0.3 is 0 Å². The number of anilines is 1. The fraction of sp³-hybridized carbons (Fsp3) is 0.250. The van der Waals surface area contributed by atoms with Gasteiger partial charge in [0, 0.05) is 31.1 Å². The first-order valence-electron chi connectivity index (χ1n) is 5.62. The van der Waals surface area contributed by atoms with Crippen molar-refractivity contribution >= 4 is 5.82 Å². The monoisotopic (exact) mass is 230 g/mol. The predicted octanol–water partition coefficient (Wildman–Crippen LogP) is 0.806. The number of nitrogens with one attached hydrogen (secondary N) is 1. The number of nitrogens with zero attached hydrogens (tertiary/aromatic N) is 2. The molecule has 0 bridgehead atoms. The number of fused-ring (bicyclic) bond motifs is 1. The minimum atomic E-state index is 0.216. The standard InChI is InChI=1S/C12H14N4O/c13-12-10-7-14-5-4-11(10)15-16(12)8-2-1-3-9(17)6-8/h1-3,6,14,17H,4-5,7,13H2. The van der Waals surface area contributed by atoms with Crippen molar-refractivity contribution in [2.75, 3.05) is 12.3 Å². The fourth-order valence-electron chi connectivity index (χ4n) is 2.15. The van der Waals surface area contributed by atoms with Gasteiger partial charge in [0.05, 0.1) is 11.4 Å². The van der Waals surface area contributed by atoms with Gasteiger partial charge in [0.15, 0.2) is 0 Å². The number of hydrogen-bond acceptors (Lipinski definition) is 4. The Kier molecular flexibility index (Phi) is 2.26. The lowest BCUT2D eigenvalue weighted by molar-refractivity contribution is 0.475. The third-order valence-electron chi connectivity index (χ3n) is 3.02. The molecule has 1 aliphatic rings. The van der Waals surface area contributed by atoms with Gasteiger partial charge in [-0.05, 0) is 12.1 Å². The number of benzene rings is 1. The van der Waals surface area contributed by atoms with E-state index >= 15 is 0 Å². The summed E-state index contributed by atoms with van der Waals surface area (Å²) in [6, 6.07) is 6.94. The van der Waals surface area contributed by atoms with Gasteiger partial charge in [0.2, 0.25) is 0 Å². The predicted molar refractivity (Wildman–Crippen MR) is 65.1 cm³/mol. The van der Waals surface area contributed by atoms with Crippen LogP contribution in [0.2, 0.25) is 0 Å². The summed E-state index contributed by atoms with van der Waals surface area (Å²) in [5.41, 5.74) is 8.99. The van der Waals surface area contributed by atoms with Crippen molar-refractivity contribution in [2.24, 2.45) is 0 Å². The zero-order valence-corrected chi connectivity index (χ0v) is 9.35. The number of phenolic OH excluding ortho intramolecular Hbond substituents is 1. The maximum absolute atomic E-state index is 9.47. The summed E-state index contributed by atoms with van der Waals surface area (Å²) in [6.07, 6.45) is 0.894. The highest BCUT2D eigenvalue weighted by Gasteiger charge is 2.19. The lowest BCUT2D eigenvalue weighted by Crippen LogP contribution is -2.23. The van der Waals surface area contributed by atoms with Crippen molar-refractivity contribution in [2.45, 2.75) is 13.0 Å². The molecule has 0 amide bonds. The van der Waals surface area contributed by atoms with Gasteiger partial charge < -0.3 is 16.2 Å². The Morgan fingerprint density at radius 2 is 2.29 bits per heavy atom. The van der Waals surface area contributed by atoms with Crippen LogP contribution in [0.4, 0.5) is 5.82 Å². The van der Waals surface area contributed by atoms with Crippen molar-refractivity contribution < 1.29 is 5.11 Å². The van der Waals surface area contributed by atoms with Crippen LogP contribution in [0.1, 0.15) is 11.3 Å². The van der Waals surface area contributed by atoms with E-state index in [0.29, 0.717) is 5.82 Å². The Balaban J connectivity index is 2.12. The smallest absolute Gasteiger partial charge is 0.132 e. The third kappa shape index (κ3) is 1.64. The van der Waals surface area contributed by atoms with E-state index in [1.54, 1.807) is 22.9 Å². The Morgan fingerprint density at radius 1 is 1.41 bits per heavy atom. The van der Waals surface area contributed by atoms with Crippen LogP contribution >= 0.6 is 0 Å². The molecular formula is C12H14N4O. The van der Waals surface area contributed by atoms with E-state index < -0.39 is 0 Å². The minimum Gasteiger partial charge on any atom is -0.508 e. The summed E-state index contributed by atoms with van der Waals surface area (Å²) in [5, 5.41) is 17.3. The average molecular weight is 230 g/mol. The lowest BCUT2D eigenvalue weighted by Gasteiger charge is -2.10. The zero-order valence-electron chi connectivity index (χ0n) is 9.35. The molecule has 0 unspecified atom stereocenters. The largest absolute Gasteiger partial charge is 0.508 e. The molecule has 0 radical (unpaired) electrons. The topological polar surface area (TPSA) is 76.1 Å². The van der Waals surface area contributed by atoms with Crippen LogP contribution in [0, 0.1) is 0 Å². The highest BCUT2D eigenvalue weighted by atomic mass is 16.3. The Bertz CT molecular complexity index is 562. The van der Waals surface area contributed by atoms with E-state index in [9.17, 15) is 5.11 Å². The van der Waals surface area contributed by atoms with Crippen LogP contribution < -0.4 is 11.1 Å². The van der Waals surface area contributed by atoms with Gasteiger partial charge in [-0.1, -0.05) is 6.07 Å². The van der Waals surface area contributed by atoms with E-state index in [-0.39, 0.29) is 5.75 Å². The lowest BCUT2D eigenvalue weighted by atomic mass is 10.1. The minimum absolute atomic E-state index is 0.216. The van der Waals surface area contributed by atoms with Gasteiger partial charge in [-0.15, -0.1) is 0 Å². The number of phenols is 1. The molecule has 1 aliphatic heterocycles. The molecule has 2 aromatic rings. The molecule has 0 saturated carbocycles. The molecule has 5 nitrogen and oxygen atoms in total. The van der Waals surface area contributed by atoms with E-state index in [0.717, 1.165) is 36.5 Å². The molecule has 1 aromatic heterocycles. The van der Waals surface area contributed by atoms with Crippen LogP contribution in [0.5, 0.6) is 5.75 Å². The van der Waals surface area contributed by atoms with Crippen molar-refractivity contribution in [1.82, 2.24) is 15.1 Å². The molecule has 5 heteroatoms. The van der Waals surface area contributed by atoms with Gasteiger partial charge in [-0.2, -0.15) is 5.10 Å². The van der Waals surface area contributed by atoms with Crippen LogP contribution in [0.25, 0.3) is 5.69 Å². The second-order valence-corrected chi connectivity index (χ2v) is 4.17. The second kappa shape index (κ2) is 3.78. The Morgan fingerprint density at radius 3 is 3.06 bits per heavy atom. The van der Waals surface area contributed by atoms with Crippen molar-refractivity contribution in [3.05, 3.63) is 35.5 Å². The number of nitrogens with two attached hydrogens (primary N) is 1. The van der Waals surface area contributed by atoms with Crippen molar-refractivity contribution in [3.63, 3.8) is 0 Å². The summed E-state index contributed by atoms with van der Waals surface area (Å²) in [6.45, 7) is 1.70. The van der Waals surface area contributed by atoms with Gasteiger partial charge in [0.1, 0.15) is 11.6 Å². The molecule has 0 spiro atoms. The van der Waals surface area contributed by atoms with Crippen molar-refractivity contribution in [3.8, 4) is 11.4 Å². The van der Waals surface area contributed by atoms with Crippen molar-refractivity contribution in [1.29, 1.82) is 0 Å². The van der Waals surface area contributed by atoms with Crippen LogP contribution in [-0.4, -0.2) is 21.4 Å². The molecule has 0 saturated heterocycles. The summed E-state index contributed by atoms with van der Waals surface area (Å²) >= 11 is 0. The molecule has 88 valence electrons. The number of aromatic nitrogens is 2. The number of aromatic hydroxyl groups is 1. The van der Waals surface area contributed by atoms with E-state index in [4.69, 9.17) is 5.73 Å². The molecule has 0 fully saturated rings. The number of rotatable bonds is 1. The first kappa shape index (κ1) is 10.2. The van der Waals surface area contributed by atoms with Crippen LogP contribution in [0.15, 0.2) is 24.3 Å². The quantitative estimate of drug-likeness (QED) is 0.677. The summed E-state index contributed by atoms with van der Waals surface area (Å²) in [5.74, 6) is 0.867. The molecule has 3 rings (SSSR count). The SMILES string of the molecule is Nc1c2c(nn1-c1cccc(O)c1)CCNC2. The summed E-state index contributed by atoms with van der Waals surface area (Å²) in [4.78, 5) is 0. The van der Waals surface area contributed by atoms with E-state index in [1.165, 1.54) is 0 Å². The first-order valence-corrected chi connectivity index (χ1v) is 5.62. The molecule has 17 heavy (non-hydrogen) atoms. The Hall–Kier alpha value is -2.01. The average Bonchev–Trinajstić information content (AvgIpc) is 2.68. The molecular weight excluding hydrogens is 216 g/mol. The van der Waals surface area contributed by atoms with E-state index in [2.05, 4.69) is 10.4 Å². The molecule has 1 aromatic carbocycles. The molecule has 4 N–H and O–H groups in total. The maximum Gasteiger partial charge on any atom is 0.132 e. The Labute approximate surface area is 98.9 Å². The molecule has 2 heterocycles. The number of hydrogen-bond donors (Lipinski definition) is 3. The molecule has 0 aliphatic carbocycles. The van der Waals surface area contributed by atoms with Gasteiger partial charge in [-0.25, -0.2) is 4.68 Å². The van der Waals surface area contributed by atoms with Crippen LogP contribution in [0.3, 0.4) is 0 Å². The van der Waals surface area contributed by atoms with E-state index in [1.807, 2.05) is 6.07 Å². The highest BCUT2D eigenvalue weighted by molar-refractivity contribution is 5.52. The maximum atomic E-state index is 9.47. The van der Waals surface area contributed by atoms with Gasteiger partial charge in [0.25, 0.3) is 0 Å².